The highest BCUT2D eigenvalue weighted by Gasteiger charge is 2.30. The second-order valence-electron chi connectivity index (χ2n) is 5.60. The van der Waals surface area contributed by atoms with E-state index in [9.17, 15) is 19.2 Å². The summed E-state index contributed by atoms with van der Waals surface area (Å²) in [6.07, 6.45) is -0.0834. The molecule has 0 unspecified atom stereocenters. The van der Waals surface area contributed by atoms with E-state index in [1.165, 1.54) is 4.90 Å². The topological polar surface area (TPSA) is 105 Å². The number of cyclic esters (lactones) is 1. The van der Waals surface area contributed by atoms with E-state index in [0.29, 0.717) is 17.9 Å². The van der Waals surface area contributed by atoms with Gasteiger partial charge in [-0.3, -0.25) is 30.0 Å². The Morgan fingerprint density at radius 3 is 2.76 bits per heavy atom. The number of carbonyl (C=O) groups excluding carboxylic acids is 4. The Morgan fingerprint density at radius 1 is 1.20 bits per heavy atom. The van der Waals surface area contributed by atoms with Crippen molar-refractivity contribution in [2.45, 2.75) is 30.3 Å². The third-order valence-corrected chi connectivity index (χ3v) is 4.90. The summed E-state index contributed by atoms with van der Waals surface area (Å²) in [6.45, 7) is -0.207. The van der Waals surface area contributed by atoms with Gasteiger partial charge >= 0.3 is 5.97 Å². The first kappa shape index (κ1) is 17.3. The molecule has 0 aromatic heterocycles. The van der Waals surface area contributed by atoms with Gasteiger partial charge in [0.1, 0.15) is 6.54 Å². The monoisotopic (exact) mass is 363 g/mol. The number of amides is 3. The second-order valence-corrected chi connectivity index (χ2v) is 6.74. The number of nitrogens with one attached hydrogen (secondary N) is 2. The maximum absolute atomic E-state index is 12.3. The molecule has 2 aliphatic rings. The van der Waals surface area contributed by atoms with Gasteiger partial charge in [0.25, 0.3) is 11.8 Å². The summed E-state index contributed by atoms with van der Waals surface area (Å²) in [5.74, 6) is -1.05. The molecule has 2 heterocycles. The van der Waals surface area contributed by atoms with E-state index in [-0.39, 0.29) is 25.3 Å². The molecule has 1 aromatic rings. The number of thioether (sulfide) groups is 1. The van der Waals surface area contributed by atoms with Gasteiger partial charge < -0.3 is 9.64 Å². The first-order valence-corrected chi connectivity index (χ1v) is 8.83. The molecule has 1 saturated heterocycles. The van der Waals surface area contributed by atoms with E-state index in [2.05, 4.69) is 10.9 Å². The Hall–Kier alpha value is -2.55. The molecule has 8 nitrogen and oxygen atoms in total. The van der Waals surface area contributed by atoms with Crippen LogP contribution >= 0.6 is 11.8 Å². The largest absolute Gasteiger partial charge is 0.452 e. The average Bonchev–Trinajstić information content (AvgIpc) is 2.98. The van der Waals surface area contributed by atoms with Crippen molar-refractivity contribution in [1.29, 1.82) is 0 Å². The standard InChI is InChI=1S/C16H17N3O5S/c20-13(17-18-16(23)11-5-6-15(22)24-11)9-19-10-3-1-2-4-12(10)25-8-7-14(19)21/h1-4,11H,5-9H2,(H,17,20)(H,18,23)/t11-/m0/s1. The number of hydrogen-bond acceptors (Lipinski definition) is 6. The Balaban J connectivity index is 1.59. The lowest BCUT2D eigenvalue weighted by molar-refractivity contribution is -0.148. The van der Waals surface area contributed by atoms with Crippen LogP contribution in [0.25, 0.3) is 0 Å². The van der Waals surface area contributed by atoms with Gasteiger partial charge in [-0.25, -0.2) is 0 Å². The van der Waals surface area contributed by atoms with E-state index in [1.807, 2.05) is 12.1 Å². The van der Waals surface area contributed by atoms with Crippen molar-refractivity contribution in [2.75, 3.05) is 17.2 Å². The van der Waals surface area contributed by atoms with Crippen molar-refractivity contribution >= 4 is 41.1 Å². The van der Waals surface area contributed by atoms with E-state index in [4.69, 9.17) is 4.74 Å². The number of benzene rings is 1. The van der Waals surface area contributed by atoms with Crippen LogP contribution in [0.5, 0.6) is 0 Å². The molecule has 0 bridgehead atoms. The lowest BCUT2D eigenvalue weighted by Gasteiger charge is -2.22. The maximum Gasteiger partial charge on any atom is 0.306 e. The lowest BCUT2D eigenvalue weighted by Crippen LogP contribution is -2.50. The molecule has 0 aliphatic carbocycles. The van der Waals surface area contributed by atoms with Crippen molar-refractivity contribution in [2.24, 2.45) is 0 Å². The molecular weight excluding hydrogens is 346 g/mol. The predicted octanol–water partition coefficient (Wildman–Crippen LogP) is 0.368. The zero-order valence-electron chi connectivity index (χ0n) is 13.3. The van der Waals surface area contributed by atoms with Crippen LogP contribution in [0.2, 0.25) is 0 Å². The van der Waals surface area contributed by atoms with E-state index in [0.717, 1.165) is 4.90 Å². The van der Waals surface area contributed by atoms with Gasteiger partial charge in [0.15, 0.2) is 6.10 Å². The van der Waals surface area contributed by atoms with Crippen molar-refractivity contribution in [3.63, 3.8) is 0 Å². The third-order valence-electron chi connectivity index (χ3n) is 3.83. The van der Waals surface area contributed by atoms with Crippen molar-refractivity contribution in [1.82, 2.24) is 10.9 Å². The van der Waals surface area contributed by atoms with Gasteiger partial charge in [-0.1, -0.05) is 12.1 Å². The quantitative estimate of drug-likeness (QED) is 0.594. The molecule has 2 aliphatic heterocycles. The molecular formula is C16H17N3O5S. The molecule has 132 valence electrons. The van der Waals surface area contributed by atoms with Gasteiger partial charge in [0, 0.05) is 29.9 Å². The number of para-hydroxylation sites is 1. The minimum absolute atomic E-state index is 0.149. The number of rotatable bonds is 3. The zero-order chi connectivity index (χ0) is 17.8. The summed E-state index contributed by atoms with van der Waals surface area (Å²) in [5, 5.41) is 0. The smallest absolute Gasteiger partial charge is 0.306 e. The van der Waals surface area contributed by atoms with Gasteiger partial charge in [-0.15, -0.1) is 11.8 Å². The molecule has 1 aromatic carbocycles. The van der Waals surface area contributed by atoms with E-state index < -0.39 is 23.9 Å². The summed E-state index contributed by atoms with van der Waals surface area (Å²) in [5.41, 5.74) is 5.17. The van der Waals surface area contributed by atoms with Gasteiger partial charge in [-0.05, 0) is 12.1 Å². The highest BCUT2D eigenvalue weighted by atomic mass is 32.2. The number of anilines is 1. The number of hydrogen-bond donors (Lipinski definition) is 2. The van der Waals surface area contributed by atoms with Crippen molar-refractivity contribution in [3.8, 4) is 0 Å². The summed E-state index contributed by atoms with van der Waals surface area (Å²) >= 11 is 1.57. The average molecular weight is 363 g/mol. The number of ether oxygens (including phenoxy) is 1. The number of carbonyl (C=O) groups is 4. The molecule has 0 spiro atoms. The predicted molar refractivity (Wildman–Crippen MR) is 89.5 cm³/mol. The molecule has 9 heteroatoms. The first-order valence-electron chi connectivity index (χ1n) is 7.85. The van der Waals surface area contributed by atoms with Crippen LogP contribution in [0, 0.1) is 0 Å². The molecule has 3 amide bonds. The molecule has 25 heavy (non-hydrogen) atoms. The van der Waals surface area contributed by atoms with Crippen LogP contribution in [-0.2, 0) is 23.9 Å². The van der Waals surface area contributed by atoms with Gasteiger partial charge in [0.2, 0.25) is 5.91 Å². The Morgan fingerprint density at radius 2 is 2.00 bits per heavy atom. The van der Waals surface area contributed by atoms with Crippen LogP contribution in [0.3, 0.4) is 0 Å². The Labute approximate surface area is 148 Å². The molecule has 3 rings (SSSR count). The zero-order valence-corrected chi connectivity index (χ0v) is 14.1. The molecule has 0 radical (unpaired) electrons. The third kappa shape index (κ3) is 4.11. The number of fused-ring (bicyclic) bond motifs is 1. The first-order chi connectivity index (χ1) is 12.0. The van der Waals surface area contributed by atoms with Crippen LogP contribution in [0.1, 0.15) is 19.3 Å². The number of esters is 1. The summed E-state index contributed by atoms with van der Waals surface area (Å²) in [6, 6.07) is 7.37. The van der Waals surface area contributed by atoms with E-state index in [1.54, 1.807) is 23.9 Å². The van der Waals surface area contributed by atoms with Crippen molar-refractivity contribution in [3.05, 3.63) is 24.3 Å². The Kier molecular flexibility index (Phi) is 5.22. The summed E-state index contributed by atoms with van der Waals surface area (Å²) < 4.78 is 4.82. The summed E-state index contributed by atoms with van der Waals surface area (Å²) in [7, 11) is 0. The van der Waals surface area contributed by atoms with Crippen LogP contribution in [0.4, 0.5) is 5.69 Å². The highest BCUT2D eigenvalue weighted by Crippen LogP contribution is 2.33. The maximum atomic E-state index is 12.3. The fourth-order valence-electron chi connectivity index (χ4n) is 2.60. The molecule has 1 fully saturated rings. The highest BCUT2D eigenvalue weighted by molar-refractivity contribution is 7.99. The SMILES string of the molecule is O=C(CN1C(=O)CCSc2ccccc21)NNC(=O)[C@@H]1CCC(=O)O1. The number of hydrazine groups is 1. The minimum Gasteiger partial charge on any atom is -0.452 e. The van der Waals surface area contributed by atoms with Gasteiger partial charge in [0.05, 0.1) is 5.69 Å². The van der Waals surface area contributed by atoms with Crippen LogP contribution in [0.15, 0.2) is 29.2 Å². The van der Waals surface area contributed by atoms with E-state index >= 15 is 0 Å². The van der Waals surface area contributed by atoms with Crippen molar-refractivity contribution < 1.29 is 23.9 Å². The fraction of sp³-hybridized carbons (Fsp3) is 0.375. The molecule has 2 N–H and O–H groups in total. The summed E-state index contributed by atoms with van der Waals surface area (Å²) in [4.78, 5) is 49.6. The lowest BCUT2D eigenvalue weighted by atomic mass is 10.2. The second kappa shape index (κ2) is 7.56. The fourth-order valence-corrected chi connectivity index (χ4v) is 3.60. The van der Waals surface area contributed by atoms with Crippen LogP contribution < -0.4 is 15.8 Å². The molecule has 1 atom stereocenters. The van der Waals surface area contributed by atoms with Gasteiger partial charge in [-0.2, -0.15) is 0 Å². The Bertz CT molecular complexity index is 723. The number of nitrogens with zero attached hydrogens (tertiary/aromatic N) is 1. The normalized spacial score (nSPS) is 19.7. The minimum atomic E-state index is -0.884. The van der Waals surface area contributed by atoms with Crippen LogP contribution in [-0.4, -0.2) is 42.1 Å². The molecule has 0 saturated carbocycles.